The van der Waals surface area contributed by atoms with Crippen LogP contribution in [0.1, 0.15) is 117 Å². The van der Waals surface area contributed by atoms with Crippen molar-refractivity contribution >= 4 is 11.9 Å². The number of unbranched alkanes of at least 4 members (excludes halogenated alkanes) is 11. The van der Waals surface area contributed by atoms with E-state index in [0.29, 0.717) is 13.0 Å². The number of allylic oxidation sites excluding steroid dienone is 2. The van der Waals surface area contributed by atoms with Crippen molar-refractivity contribution < 1.29 is 19.4 Å². The van der Waals surface area contributed by atoms with Crippen molar-refractivity contribution in [3.05, 3.63) is 12.2 Å². The molecule has 0 aromatic carbocycles. The van der Waals surface area contributed by atoms with Crippen LogP contribution in [0.25, 0.3) is 0 Å². The summed E-state index contributed by atoms with van der Waals surface area (Å²) in [5.41, 5.74) is 0. The number of carboxylic acid groups (broad SMARTS) is 1. The third-order valence-electron chi connectivity index (χ3n) is 5.04. The Bertz CT molecular complexity index is 403. The Labute approximate surface area is 173 Å². The summed E-state index contributed by atoms with van der Waals surface area (Å²) in [6.07, 6.45) is 21.9. The number of aliphatic carboxylic acids is 1. The quantitative estimate of drug-likeness (QED) is 0.136. The molecule has 4 heteroatoms. The largest absolute Gasteiger partial charge is 0.481 e. The molecule has 1 unspecified atom stereocenters. The molecular formula is C24H44O4. The summed E-state index contributed by atoms with van der Waals surface area (Å²) in [4.78, 5) is 22.8. The van der Waals surface area contributed by atoms with Gasteiger partial charge in [-0.15, -0.1) is 0 Å². The molecule has 0 radical (unpaired) electrons. The molecule has 164 valence electrons. The monoisotopic (exact) mass is 396 g/mol. The summed E-state index contributed by atoms with van der Waals surface area (Å²) >= 11 is 0. The molecule has 0 aliphatic rings. The highest BCUT2D eigenvalue weighted by molar-refractivity contribution is 5.78. The van der Waals surface area contributed by atoms with Gasteiger partial charge in [-0.2, -0.15) is 0 Å². The predicted molar refractivity (Wildman–Crippen MR) is 116 cm³/mol. The van der Waals surface area contributed by atoms with Crippen molar-refractivity contribution in [2.24, 2.45) is 5.92 Å². The Hall–Kier alpha value is -1.32. The number of ether oxygens (including phenoxy) is 1. The molecule has 0 saturated heterocycles. The fourth-order valence-electron chi connectivity index (χ4n) is 3.25. The Morgan fingerprint density at radius 3 is 1.86 bits per heavy atom. The summed E-state index contributed by atoms with van der Waals surface area (Å²) in [6.45, 7) is 4.55. The standard InChI is InChI=1S/C24H44O4/c1-3-5-6-7-8-9-10-11-12-13-14-15-16-17-18-19-22(24(26)27)21-23(25)28-20-4-2/h14-15,22H,3-13,16-21H2,1-2H3,(H,26,27)/b15-14+. The molecule has 1 N–H and O–H groups in total. The highest BCUT2D eigenvalue weighted by Crippen LogP contribution is 2.16. The zero-order valence-electron chi connectivity index (χ0n) is 18.4. The first-order chi connectivity index (χ1) is 13.6. The van der Waals surface area contributed by atoms with Gasteiger partial charge in [0, 0.05) is 0 Å². The van der Waals surface area contributed by atoms with E-state index in [0.717, 1.165) is 32.1 Å². The molecule has 0 aromatic rings. The van der Waals surface area contributed by atoms with Crippen LogP contribution in [-0.4, -0.2) is 23.7 Å². The van der Waals surface area contributed by atoms with Crippen LogP contribution in [-0.2, 0) is 14.3 Å². The van der Waals surface area contributed by atoms with Crippen LogP contribution in [0.5, 0.6) is 0 Å². The van der Waals surface area contributed by atoms with Gasteiger partial charge in [-0.3, -0.25) is 9.59 Å². The summed E-state index contributed by atoms with van der Waals surface area (Å²) in [5.74, 6) is -1.90. The second-order valence-electron chi connectivity index (χ2n) is 7.83. The van der Waals surface area contributed by atoms with Crippen molar-refractivity contribution in [3.8, 4) is 0 Å². The zero-order valence-corrected chi connectivity index (χ0v) is 18.4. The molecule has 1 atom stereocenters. The number of esters is 1. The molecule has 0 saturated carbocycles. The van der Waals surface area contributed by atoms with Crippen molar-refractivity contribution in [3.63, 3.8) is 0 Å². The third kappa shape index (κ3) is 18.1. The molecule has 0 aliphatic carbocycles. The fraction of sp³-hybridized carbons (Fsp3) is 0.833. The summed E-state index contributed by atoms with van der Waals surface area (Å²) < 4.78 is 4.99. The van der Waals surface area contributed by atoms with E-state index in [4.69, 9.17) is 4.74 Å². The van der Waals surface area contributed by atoms with Crippen molar-refractivity contribution in [1.29, 1.82) is 0 Å². The number of carbonyl (C=O) groups excluding carboxylic acids is 1. The first-order valence-electron chi connectivity index (χ1n) is 11.6. The van der Waals surface area contributed by atoms with Gasteiger partial charge in [-0.25, -0.2) is 0 Å². The minimum Gasteiger partial charge on any atom is -0.481 e. The molecule has 0 rings (SSSR count). The lowest BCUT2D eigenvalue weighted by Gasteiger charge is -2.11. The molecule has 0 bridgehead atoms. The number of carbonyl (C=O) groups is 2. The predicted octanol–water partition coefficient (Wildman–Crippen LogP) is 7.07. The highest BCUT2D eigenvalue weighted by atomic mass is 16.5. The smallest absolute Gasteiger partial charge is 0.307 e. The van der Waals surface area contributed by atoms with E-state index in [1.54, 1.807) is 0 Å². The lowest BCUT2D eigenvalue weighted by atomic mass is 9.98. The van der Waals surface area contributed by atoms with Crippen molar-refractivity contribution in [2.45, 2.75) is 117 Å². The SMILES string of the molecule is CCCCCCCCCCC/C=C/CCCCC(CC(=O)OCCC)C(=O)O. The topological polar surface area (TPSA) is 63.6 Å². The third-order valence-corrected chi connectivity index (χ3v) is 5.04. The molecule has 0 fully saturated rings. The highest BCUT2D eigenvalue weighted by Gasteiger charge is 2.21. The maximum Gasteiger partial charge on any atom is 0.307 e. The van der Waals surface area contributed by atoms with Gasteiger partial charge in [0.05, 0.1) is 18.9 Å². The van der Waals surface area contributed by atoms with E-state index in [2.05, 4.69) is 19.1 Å². The number of hydrogen-bond acceptors (Lipinski definition) is 3. The summed E-state index contributed by atoms with van der Waals surface area (Å²) in [5, 5.41) is 9.24. The summed E-state index contributed by atoms with van der Waals surface area (Å²) in [6, 6.07) is 0. The van der Waals surface area contributed by atoms with E-state index in [1.807, 2.05) is 6.92 Å². The molecule has 28 heavy (non-hydrogen) atoms. The first-order valence-corrected chi connectivity index (χ1v) is 11.6. The maximum absolute atomic E-state index is 11.6. The molecule has 0 aromatic heterocycles. The molecule has 0 spiro atoms. The van der Waals surface area contributed by atoms with Crippen LogP contribution >= 0.6 is 0 Å². The fourth-order valence-corrected chi connectivity index (χ4v) is 3.25. The van der Waals surface area contributed by atoms with Gasteiger partial charge in [-0.05, 0) is 38.5 Å². The van der Waals surface area contributed by atoms with Crippen LogP contribution in [0.2, 0.25) is 0 Å². The number of carboxylic acids is 1. The van der Waals surface area contributed by atoms with E-state index in [-0.39, 0.29) is 6.42 Å². The Balaban J connectivity index is 3.56. The van der Waals surface area contributed by atoms with E-state index < -0.39 is 17.9 Å². The number of rotatable bonds is 20. The molecular weight excluding hydrogens is 352 g/mol. The van der Waals surface area contributed by atoms with Gasteiger partial charge in [0.25, 0.3) is 0 Å². The normalized spacial score (nSPS) is 12.4. The minimum atomic E-state index is -0.894. The van der Waals surface area contributed by atoms with Gasteiger partial charge in [-0.1, -0.05) is 83.8 Å². The average molecular weight is 397 g/mol. The van der Waals surface area contributed by atoms with Gasteiger partial charge in [0.15, 0.2) is 0 Å². The van der Waals surface area contributed by atoms with E-state index >= 15 is 0 Å². The van der Waals surface area contributed by atoms with Crippen LogP contribution in [0.3, 0.4) is 0 Å². The van der Waals surface area contributed by atoms with Crippen LogP contribution < -0.4 is 0 Å². The first kappa shape index (κ1) is 26.7. The van der Waals surface area contributed by atoms with E-state index in [1.165, 1.54) is 57.8 Å². The second kappa shape index (κ2) is 20.4. The number of hydrogen-bond donors (Lipinski definition) is 1. The minimum absolute atomic E-state index is 0.0101. The van der Waals surface area contributed by atoms with Crippen LogP contribution in [0, 0.1) is 5.92 Å². The lowest BCUT2D eigenvalue weighted by Crippen LogP contribution is -2.19. The molecule has 4 nitrogen and oxygen atoms in total. The Kier molecular flexibility index (Phi) is 19.5. The van der Waals surface area contributed by atoms with Crippen molar-refractivity contribution in [2.75, 3.05) is 6.61 Å². The average Bonchev–Trinajstić information content (AvgIpc) is 2.68. The lowest BCUT2D eigenvalue weighted by molar-refractivity contribution is -0.151. The molecule has 0 heterocycles. The van der Waals surface area contributed by atoms with Gasteiger partial charge in [0.2, 0.25) is 0 Å². The van der Waals surface area contributed by atoms with Crippen LogP contribution in [0.4, 0.5) is 0 Å². The molecule has 0 amide bonds. The van der Waals surface area contributed by atoms with E-state index in [9.17, 15) is 14.7 Å². The van der Waals surface area contributed by atoms with Gasteiger partial charge >= 0.3 is 11.9 Å². The van der Waals surface area contributed by atoms with Crippen LogP contribution in [0.15, 0.2) is 12.2 Å². The maximum atomic E-state index is 11.6. The van der Waals surface area contributed by atoms with Crippen molar-refractivity contribution in [1.82, 2.24) is 0 Å². The van der Waals surface area contributed by atoms with Gasteiger partial charge < -0.3 is 9.84 Å². The summed E-state index contributed by atoms with van der Waals surface area (Å²) in [7, 11) is 0. The zero-order chi connectivity index (χ0) is 20.9. The van der Waals surface area contributed by atoms with Gasteiger partial charge in [0.1, 0.15) is 0 Å². The Morgan fingerprint density at radius 1 is 0.786 bits per heavy atom. The molecule has 0 aliphatic heterocycles. The Morgan fingerprint density at radius 2 is 1.32 bits per heavy atom. The second-order valence-corrected chi connectivity index (χ2v) is 7.83.